The van der Waals surface area contributed by atoms with Gasteiger partial charge in [-0.3, -0.25) is 4.99 Å². The lowest BCUT2D eigenvalue weighted by Gasteiger charge is -1.91. The molecule has 0 aromatic heterocycles. The summed E-state index contributed by atoms with van der Waals surface area (Å²) in [4.78, 5) is 3.93. The molecule has 1 aliphatic rings. The van der Waals surface area contributed by atoms with Crippen molar-refractivity contribution >= 4 is 6.21 Å². The molecule has 1 aliphatic heterocycles. The van der Waals surface area contributed by atoms with Crippen molar-refractivity contribution in [2.45, 2.75) is 0 Å². The van der Waals surface area contributed by atoms with Crippen LogP contribution in [-0.4, -0.2) is 12.8 Å². The molecule has 0 amide bonds. The van der Waals surface area contributed by atoms with Gasteiger partial charge >= 0.3 is 0 Å². The van der Waals surface area contributed by atoms with Gasteiger partial charge in [-0.05, 0) is 18.2 Å². The van der Waals surface area contributed by atoms with Crippen molar-refractivity contribution in [1.29, 1.82) is 0 Å². The van der Waals surface area contributed by atoms with E-state index < -0.39 is 0 Å². The average molecular weight is 135 g/mol. The lowest BCUT2D eigenvalue weighted by molar-refractivity contribution is 0.289. The van der Waals surface area contributed by atoms with Crippen LogP contribution >= 0.6 is 0 Å². The zero-order valence-electron chi connectivity index (χ0n) is 5.60. The third kappa shape index (κ3) is 2.87. The van der Waals surface area contributed by atoms with Crippen LogP contribution in [0.15, 0.2) is 41.8 Å². The quantitative estimate of drug-likeness (QED) is 0.495. The minimum Gasteiger partial charge on any atom is -0.497 e. The van der Waals surface area contributed by atoms with Crippen LogP contribution in [-0.2, 0) is 4.74 Å². The van der Waals surface area contributed by atoms with Gasteiger partial charge in [0.1, 0.15) is 6.61 Å². The second-order valence-electron chi connectivity index (χ2n) is 1.73. The normalized spacial score (nSPS) is 29.6. The summed E-state index contributed by atoms with van der Waals surface area (Å²) in [7, 11) is 0. The van der Waals surface area contributed by atoms with Crippen molar-refractivity contribution in [3.05, 3.63) is 36.8 Å². The molecule has 1 heterocycles. The standard InChI is InChI=1S/C8H9NO/c1-2-5-9-6-4-8-10-7-3-1/h1-7H,8H2/b2-1+,6-4+,7-3-,9-5+. The van der Waals surface area contributed by atoms with Gasteiger partial charge < -0.3 is 4.74 Å². The van der Waals surface area contributed by atoms with E-state index in [1.165, 1.54) is 0 Å². The van der Waals surface area contributed by atoms with Gasteiger partial charge in [0.2, 0.25) is 0 Å². The Hall–Kier alpha value is -1.31. The topological polar surface area (TPSA) is 21.6 Å². The number of hydrogen-bond acceptors (Lipinski definition) is 2. The first-order valence-electron chi connectivity index (χ1n) is 3.12. The van der Waals surface area contributed by atoms with E-state index >= 15 is 0 Å². The van der Waals surface area contributed by atoms with Crippen molar-refractivity contribution < 1.29 is 4.74 Å². The Morgan fingerprint density at radius 3 is 3.20 bits per heavy atom. The number of aliphatic imine (C=N–C) groups is 1. The molecule has 0 fully saturated rings. The minimum atomic E-state index is 0.585. The summed E-state index contributed by atoms with van der Waals surface area (Å²) < 4.78 is 5.02. The van der Waals surface area contributed by atoms with Crippen LogP contribution in [0, 0.1) is 0 Å². The first kappa shape index (κ1) is 6.81. The van der Waals surface area contributed by atoms with Gasteiger partial charge in [-0.1, -0.05) is 6.08 Å². The monoisotopic (exact) mass is 135 g/mol. The summed E-state index contributed by atoms with van der Waals surface area (Å²) in [6, 6.07) is 0. The summed E-state index contributed by atoms with van der Waals surface area (Å²) >= 11 is 0. The largest absolute Gasteiger partial charge is 0.497 e. The van der Waals surface area contributed by atoms with Gasteiger partial charge in [-0.15, -0.1) is 0 Å². The Balaban J connectivity index is 2.53. The van der Waals surface area contributed by atoms with Gasteiger partial charge in [0.05, 0.1) is 6.26 Å². The highest BCUT2D eigenvalue weighted by Gasteiger charge is 1.73. The number of ether oxygens (including phenoxy) is 1. The molecule has 1 rings (SSSR count). The highest BCUT2D eigenvalue weighted by Crippen LogP contribution is 1.84. The van der Waals surface area contributed by atoms with Gasteiger partial charge in [-0.2, -0.15) is 0 Å². The molecule has 0 atom stereocenters. The van der Waals surface area contributed by atoms with Crippen LogP contribution in [0.4, 0.5) is 0 Å². The fourth-order valence-electron chi connectivity index (χ4n) is 0.529. The SMILES string of the molecule is C1=C\OC/C=C/N=C/C=C/1. The Morgan fingerprint density at radius 2 is 2.20 bits per heavy atom. The van der Waals surface area contributed by atoms with Gasteiger partial charge in [-0.25, -0.2) is 0 Å². The van der Waals surface area contributed by atoms with E-state index in [-0.39, 0.29) is 0 Å². The van der Waals surface area contributed by atoms with Crippen molar-refractivity contribution in [3.8, 4) is 0 Å². The minimum absolute atomic E-state index is 0.585. The molecule has 0 aromatic rings. The number of nitrogens with zero attached hydrogens (tertiary/aromatic N) is 1. The maximum Gasteiger partial charge on any atom is 0.107 e. The summed E-state index contributed by atoms with van der Waals surface area (Å²) in [6.45, 7) is 0.585. The Kier molecular flexibility index (Phi) is 3.10. The van der Waals surface area contributed by atoms with E-state index in [1.807, 2.05) is 24.3 Å². The maximum absolute atomic E-state index is 5.02. The predicted molar refractivity (Wildman–Crippen MR) is 41.9 cm³/mol. The molecule has 0 unspecified atom stereocenters. The van der Waals surface area contributed by atoms with Crippen LogP contribution < -0.4 is 0 Å². The molecule has 2 heteroatoms. The molecule has 0 bridgehead atoms. The summed E-state index contributed by atoms with van der Waals surface area (Å²) in [5, 5.41) is 0. The van der Waals surface area contributed by atoms with Gasteiger partial charge in [0, 0.05) is 12.4 Å². The van der Waals surface area contributed by atoms with Gasteiger partial charge in [0.15, 0.2) is 0 Å². The smallest absolute Gasteiger partial charge is 0.107 e. The van der Waals surface area contributed by atoms with Crippen LogP contribution in [0.5, 0.6) is 0 Å². The third-order valence-electron chi connectivity index (χ3n) is 0.953. The van der Waals surface area contributed by atoms with Crippen LogP contribution in [0.2, 0.25) is 0 Å². The number of hydrogen-bond donors (Lipinski definition) is 0. The Morgan fingerprint density at radius 1 is 1.20 bits per heavy atom. The first-order valence-corrected chi connectivity index (χ1v) is 3.12. The van der Waals surface area contributed by atoms with E-state index in [0.717, 1.165) is 0 Å². The Labute approximate surface area is 60.2 Å². The van der Waals surface area contributed by atoms with Crippen molar-refractivity contribution in [1.82, 2.24) is 0 Å². The fraction of sp³-hybridized carbons (Fsp3) is 0.125. The molecule has 2 nitrogen and oxygen atoms in total. The number of allylic oxidation sites excluding steroid dienone is 3. The zero-order chi connectivity index (χ0) is 7.07. The second kappa shape index (κ2) is 4.56. The highest BCUT2D eigenvalue weighted by molar-refractivity contribution is 5.71. The molecule has 0 N–H and O–H groups in total. The molecule has 0 aromatic carbocycles. The maximum atomic E-state index is 5.02. The molecule has 0 saturated heterocycles. The Bertz CT molecular complexity index is 167. The first-order chi connectivity index (χ1) is 5.00. The van der Waals surface area contributed by atoms with Crippen LogP contribution in [0.25, 0.3) is 0 Å². The number of rotatable bonds is 0. The summed E-state index contributed by atoms with van der Waals surface area (Å²) in [6.07, 6.45) is 12.5. The average Bonchev–Trinajstić information content (AvgIpc) is 2.01. The fourth-order valence-corrected chi connectivity index (χ4v) is 0.529. The van der Waals surface area contributed by atoms with Crippen molar-refractivity contribution in [3.63, 3.8) is 0 Å². The lowest BCUT2D eigenvalue weighted by Crippen LogP contribution is -1.80. The zero-order valence-corrected chi connectivity index (χ0v) is 5.60. The lowest BCUT2D eigenvalue weighted by atomic mass is 10.5. The third-order valence-corrected chi connectivity index (χ3v) is 0.953. The molecular formula is C8H9NO. The highest BCUT2D eigenvalue weighted by atomic mass is 16.5. The summed E-state index contributed by atoms with van der Waals surface area (Å²) in [5.41, 5.74) is 0. The van der Waals surface area contributed by atoms with Crippen LogP contribution in [0.3, 0.4) is 0 Å². The predicted octanol–water partition coefficient (Wildman–Crippen LogP) is 1.67. The van der Waals surface area contributed by atoms with E-state index in [1.54, 1.807) is 18.7 Å². The molecule has 10 heavy (non-hydrogen) atoms. The van der Waals surface area contributed by atoms with E-state index in [9.17, 15) is 0 Å². The van der Waals surface area contributed by atoms with E-state index in [0.29, 0.717) is 6.61 Å². The summed E-state index contributed by atoms with van der Waals surface area (Å²) in [5.74, 6) is 0. The molecule has 0 saturated carbocycles. The van der Waals surface area contributed by atoms with Crippen LogP contribution in [0.1, 0.15) is 0 Å². The van der Waals surface area contributed by atoms with E-state index in [4.69, 9.17) is 4.74 Å². The molecule has 52 valence electrons. The van der Waals surface area contributed by atoms with Crippen molar-refractivity contribution in [2.24, 2.45) is 4.99 Å². The molecule has 0 aliphatic carbocycles. The molecular weight excluding hydrogens is 126 g/mol. The van der Waals surface area contributed by atoms with Crippen molar-refractivity contribution in [2.75, 3.05) is 6.61 Å². The van der Waals surface area contributed by atoms with Gasteiger partial charge in [0.25, 0.3) is 0 Å². The molecule has 0 spiro atoms. The van der Waals surface area contributed by atoms with E-state index in [2.05, 4.69) is 4.99 Å². The second-order valence-corrected chi connectivity index (χ2v) is 1.73. The molecule has 0 radical (unpaired) electrons.